The van der Waals surface area contributed by atoms with E-state index in [9.17, 15) is 4.79 Å². The summed E-state index contributed by atoms with van der Waals surface area (Å²) in [6.45, 7) is 3.37. The van der Waals surface area contributed by atoms with Crippen molar-refractivity contribution in [3.63, 3.8) is 0 Å². The van der Waals surface area contributed by atoms with Crippen molar-refractivity contribution in [3.05, 3.63) is 0 Å². The Morgan fingerprint density at radius 2 is 2.35 bits per heavy atom. The van der Waals surface area contributed by atoms with Gasteiger partial charge in [0.25, 0.3) is 0 Å². The number of nitrogens with zero attached hydrogens (tertiary/aromatic N) is 3. The number of rotatable bonds is 3. The van der Waals surface area contributed by atoms with Crippen LogP contribution in [0, 0.1) is 22.7 Å². The highest BCUT2D eigenvalue weighted by atomic mass is 16.5. The molecule has 2 fully saturated rings. The molecule has 0 aliphatic carbocycles. The Morgan fingerprint density at radius 1 is 1.65 bits per heavy atom. The maximum atomic E-state index is 12.2. The topological polar surface area (TPSA) is 56.6 Å². The third-order valence-corrected chi connectivity index (χ3v) is 3.69. The third-order valence-electron chi connectivity index (χ3n) is 3.69. The molecule has 2 heterocycles. The molecular formula is C12H19N3O2. The summed E-state index contributed by atoms with van der Waals surface area (Å²) in [5.74, 6) is 0.450. The van der Waals surface area contributed by atoms with Gasteiger partial charge in [0.1, 0.15) is 0 Å². The molecule has 0 aromatic rings. The van der Waals surface area contributed by atoms with Crippen molar-refractivity contribution in [2.75, 3.05) is 46.9 Å². The number of nitriles is 1. The molecule has 0 N–H and O–H groups in total. The molecule has 2 aliphatic rings. The van der Waals surface area contributed by atoms with Crippen LogP contribution in [-0.2, 0) is 9.53 Å². The predicted molar refractivity (Wildman–Crippen MR) is 62.1 cm³/mol. The lowest BCUT2D eigenvalue weighted by atomic mass is 9.86. The van der Waals surface area contributed by atoms with Gasteiger partial charge in [-0.2, -0.15) is 5.26 Å². The minimum atomic E-state index is -0.904. The average molecular weight is 237 g/mol. The van der Waals surface area contributed by atoms with E-state index in [0.717, 1.165) is 26.1 Å². The van der Waals surface area contributed by atoms with Gasteiger partial charge in [-0.25, -0.2) is 0 Å². The molecule has 1 amide bonds. The van der Waals surface area contributed by atoms with E-state index in [1.807, 2.05) is 0 Å². The summed E-state index contributed by atoms with van der Waals surface area (Å²) in [6, 6.07) is 2.10. The smallest absolute Gasteiger partial charge is 0.247 e. The zero-order valence-corrected chi connectivity index (χ0v) is 10.5. The van der Waals surface area contributed by atoms with Crippen LogP contribution in [0.2, 0.25) is 0 Å². The number of hydrogen-bond acceptors (Lipinski definition) is 4. The molecule has 17 heavy (non-hydrogen) atoms. The largest absolute Gasteiger partial charge is 0.377 e. The van der Waals surface area contributed by atoms with Gasteiger partial charge in [0.15, 0.2) is 5.41 Å². The molecule has 0 aromatic carbocycles. The second kappa shape index (κ2) is 4.63. The van der Waals surface area contributed by atoms with E-state index in [1.54, 1.807) is 11.9 Å². The number of carbonyl (C=O) groups is 1. The molecule has 94 valence electrons. The molecule has 5 heteroatoms. The molecule has 1 atom stereocenters. The zero-order chi connectivity index (χ0) is 12.5. The second-order valence-electron chi connectivity index (χ2n) is 5.29. The maximum absolute atomic E-state index is 12.2. The summed E-state index contributed by atoms with van der Waals surface area (Å²) in [5, 5.41) is 9.07. The molecule has 0 radical (unpaired) electrons. The van der Waals surface area contributed by atoms with Crippen molar-refractivity contribution < 1.29 is 9.53 Å². The van der Waals surface area contributed by atoms with Crippen LogP contribution in [0.3, 0.4) is 0 Å². The Labute approximate surface area is 102 Å². The van der Waals surface area contributed by atoms with E-state index in [2.05, 4.69) is 18.0 Å². The minimum Gasteiger partial charge on any atom is -0.377 e. The molecule has 0 aromatic heterocycles. The lowest BCUT2D eigenvalue weighted by Gasteiger charge is -2.37. The van der Waals surface area contributed by atoms with Crippen LogP contribution in [-0.4, -0.2) is 62.7 Å². The number of ether oxygens (including phenoxy) is 1. The summed E-state index contributed by atoms with van der Waals surface area (Å²) in [7, 11) is 3.89. The standard InChI is InChI=1S/C12H19N3O2/c1-14-4-3-10(5-14)6-15(2)11(16)12(7-13)8-17-9-12/h10H,3-6,8-9H2,1-2H3. The van der Waals surface area contributed by atoms with Crippen LogP contribution in [0.25, 0.3) is 0 Å². The van der Waals surface area contributed by atoms with E-state index in [0.29, 0.717) is 5.92 Å². The maximum Gasteiger partial charge on any atom is 0.247 e. The summed E-state index contributed by atoms with van der Waals surface area (Å²) < 4.78 is 5.01. The molecule has 0 spiro atoms. The first-order chi connectivity index (χ1) is 8.07. The van der Waals surface area contributed by atoms with Crippen molar-refractivity contribution in [1.29, 1.82) is 5.26 Å². The molecule has 0 saturated carbocycles. The van der Waals surface area contributed by atoms with Crippen molar-refractivity contribution in [2.24, 2.45) is 11.3 Å². The highest BCUT2D eigenvalue weighted by molar-refractivity contribution is 5.86. The Hall–Kier alpha value is -1.12. The Morgan fingerprint density at radius 3 is 2.76 bits per heavy atom. The van der Waals surface area contributed by atoms with Crippen LogP contribution in [0.4, 0.5) is 0 Å². The predicted octanol–water partition coefficient (Wildman–Crippen LogP) is -0.0633. The SMILES string of the molecule is CN1CCC(CN(C)C(=O)C2(C#N)COC2)C1. The Balaban J connectivity index is 1.89. The summed E-state index contributed by atoms with van der Waals surface area (Å²) >= 11 is 0. The van der Waals surface area contributed by atoms with E-state index in [4.69, 9.17) is 10.00 Å². The highest BCUT2D eigenvalue weighted by Crippen LogP contribution is 2.29. The van der Waals surface area contributed by atoms with Gasteiger partial charge in [-0.15, -0.1) is 0 Å². The van der Waals surface area contributed by atoms with E-state index < -0.39 is 5.41 Å². The van der Waals surface area contributed by atoms with Gasteiger partial charge in [0, 0.05) is 20.1 Å². The molecule has 5 nitrogen and oxygen atoms in total. The third kappa shape index (κ3) is 2.28. The van der Waals surface area contributed by atoms with Crippen molar-refractivity contribution in [1.82, 2.24) is 9.80 Å². The first kappa shape index (κ1) is 12.3. The van der Waals surface area contributed by atoms with Crippen molar-refractivity contribution in [3.8, 4) is 6.07 Å². The molecule has 2 saturated heterocycles. The monoisotopic (exact) mass is 237 g/mol. The van der Waals surface area contributed by atoms with Gasteiger partial charge in [0.2, 0.25) is 5.91 Å². The number of carbonyl (C=O) groups excluding carboxylic acids is 1. The fourth-order valence-corrected chi connectivity index (χ4v) is 2.55. The highest BCUT2D eigenvalue weighted by Gasteiger charge is 2.48. The van der Waals surface area contributed by atoms with Gasteiger partial charge >= 0.3 is 0 Å². The Bertz CT molecular complexity index is 346. The van der Waals surface area contributed by atoms with E-state index >= 15 is 0 Å². The molecular weight excluding hydrogens is 218 g/mol. The van der Waals surface area contributed by atoms with Crippen molar-refractivity contribution in [2.45, 2.75) is 6.42 Å². The summed E-state index contributed by atoms with van der Waals surface area (Å²) in [6.07, 6.45) is 1.13. The summed E-state index contributed by atoms with van der Waals surface area (Å²) in [4.78, 5) is 16.1. The first-order valence-corrected chi connectivity index (χ1v) is 6.00. The number of amides is 1. The van der Waals surface area contributed by atoms with Gasteiger partial charge in [-0.1, -0.05) is 0 Å². The van der Waals surface area contributed by atoms with Gasteiger partial charge < -0.3 is 14.5 Å². The second-order valence-corrected chi connectivity index (χ2v) is 5.29. The van der Waals surface area contributed by atoms with Gasteiger partial charge in [-0.3, -0.25) is 4.79 Å². The van der Waals surface area contributed by atoms with E-state index in [-0.39, 0.29) is 19.1 Å². The van der Waals surface area contributed by atoms with Crippen LogP contribution in [0.15, 0.2) is 0 Å². The lowest BCUT2D eigenvalue weighted by Crippen LogP contribution is -2.54. The molecule has 0 bridgehead atoms. The molecule has 2 aliphatic heterocycles. The van der Waals surface area contributed by atoms with Crippen LogP contribution >= 0.6 is 0 Å². The first-order valence-electron chi connectivity index (χ1n) is 6.00. The van der Waals surface area contributed by atoms with Crippen molar-refractivity contribution >= 4 is 5.91 Å². The Kier molecular flexibility index (Phi) is 3.36. The lowest BCUT2D eigenvalue weighted by molar-refractivity contribution is -0.160. The van der Waals surface area contributed by atoms with Crippen LogP contribution < -0.4 is 0 Å². The average Bonchev–Trinajstić information content (AvgIpc) is 2.63. The normalized spacial score (nSPS) is 27.2. The quantitative estimate of drug-likeness (QED) is 0.690. The summed E-state index contributed by atoms with van der Waals surface area (Å²) in [5.41, 5.74) is -0.904. The van der Waals surface area contributed by atoms with E-state index in [1.165, 1.54) is 0 Å². The molecule has 2 rings (SSSR count). The fourth-order valence-electron chi connectivity index (χ4n) is 2.55. The van der Waals surface area contributed by atoms with Gasteiger partial charge in [-0.05, 0) is 25.9 Å². The number of likely N-dealkylation sites (tertiary alicyclic amines) is 1. The fraction of sp³-hybridized carbons (Fsp3) is 0.833. The van der Waals surface area contributed by atoms with Crippen LogP contribution in [0.1, 0.15) is 6.42 Å². The van der Waals surface area contributed by atoms with Crippen LogP contribution in [0.5, 0.6) is 0 Å². The van der Waals surface area contributed by atoms with Gasteiger partial charge in [0.05, 0.1) is 19.3 Å². The number of hydrogen-bond donors (Lipinski definition) is 0. The molecule has 1 unspecified atom stereocenters. The minimum absolute atomic E-state index is 0.0826. The zero-order valence-electron chi connectivity index (χ0n) is 10.5.